The summed E-state index contributed by atoms with van der Waals surface area (Å²) in [5.74, 6) is 0.553. The molecular weight excluding hydrogens is 176 g/mol. The standard InChI is InChI=1S/C9H8ClO2/c1-2-12-9-4-3-7(6-11)5-8(9)10/h3-6H,1-2H2. The van der Waals surface area contributed by atoms with Gasteiger partial charge in [0.05, 0.1) is 11.6 Å². The van der Waals surface area contributed by atoms with Gasteiger partial charge in [-0.2, -0.15) is 0 Å². The highest BCUT2D eigenvalue weighted by molar-refractivity contribution is 6.32. The van der Waals surface area contributed by atoms with Crippen molar-refractivity contribution in [3.63, 3.8) is 0 Å². The molecule has 0 spiro atoms. The van der Waals surface area contributed by atoms with E-state index >= 15 is 0 Å². The van der Waals surface area contributed by atoms with Crippen LogP contribution in [0.25, 0.3) is 0 Å². The highest BCUT2D eigenvalue weighted by Gasteiger charge is 2.00. The van der Waals surface area contributed by atoms with Gasteiger partial charge in [0.2, 0.25) is 0 Å². The van der Waals surface area contributed by atoms with Crippen LogP contribution in [0.3, 0.4) is 0 Å². The molecule has 0 heterocycles. The fraction of sp³-hybridized carbons (Fsp3) is 0.111. The third-order valence-corrected chi connectivity index (χ3v) is 1.64. The van der Waals surface area contributed by atoms with Crippen LogP contribution in [0.2, 0.25) is 5.02 Å². The summed E-state index contributed by atoms with van der Waals surface area (Å²) in [4.78, 5) is 10.3. The first-order valence-electron chi connectivity index (χ1n) is 3.44. The molecule has 0 atom stereocenters. The molecule has 1 aromatic rings. The van der Waals surface area contributed by atoms with Gasteiger partial charge in [-0.05, 0) is 25.1 Å². The normalized spacial score (nSPS) is 9.50. The van der Waals surface area contributed by atoms with Gasteiger partial charge < -0.3 is 4.74 Å². The molecular formula is C9H8ClO2. The number of benzene rings is 1. The molecule has 0 aromatic heterocycles. The Morgan fingerprint density at radius 3 is 2.83 bits per heavy atom. The molecule has 1 radical (unpaired) electrons. The van der Waals surface area contributed by atoms with Gasteiger partial charge in [-0.1, -0.05) is 11.6 Å². The maximum Gasteiger partial charge on any atom is 0.150 e. The molecule has 0 N–H and O–H groups in total. The molecule has 12 heavy (non-hydrogen) atoms. The van der Waals surface area contributed by atoms with Gasteiger partial charge in [0.25, 0.3) is 0 Å². The summed E-state index contributed by atoms with van der Waals surface area (Å²) >= 11 is 5.78. The molecule has 0 aliphatic carbocycles. The van der Waals surface area contributed by atoms with Crippen molar-refractivity contribution in [2.24, 2.45) is 0 Å². The molecule has 0 saturated carbocycles. The van der Waals surface area contributed by atoms with E-state index in [1.165, 1.54) is 0 Å². The van der Waals surface area contributed by atoms with E-state index in [4.69, 9.17) is 16.3 Å². The zero-order chi connectivity index (χ0) is 8.97. The van der Waals surface area contributed by atoms with Crippen LogP contribution in [0.15, 0.2) is 18.2 Å². The summed E-state index contributed by atoms with van der Waals surface area (Å²) in [6, 6.07) is 4.85. The third-order valence-electron chi connectivity index (χ3n) is 1.35. The molecule has 0 fully saturated rings. The van der Waals surface area contributed by atoms with E-state index in [1.807, 2.05) is 0 Å². The first-order chi connectivity index (χ1) is 5.77. The molecule has 0 aliphatic heterocycles. The van der Waals surface area contributed by atoms with Gasteiger partial charge in [-0.3, -0.25) is 4.79 Å². The van der Waals surface area contributed by atoms with Gasteiger partial charge in [0.15, 0.2) is 0 Å². The molecule has 0 unspecified atom stereocenters. The lowest BCUT2D eigenvalue weighted by atomic mass is 10.2. The van der Waals surface area contributed by atoms with E-state index in [2.05, 4.69) is 6.92 Å². The average molecular weight is 184 g/mol. The average Bonchev–Trinajstić information content (AvgIpc) is 2.09. The largest absolute Gasteiger partial charge is 0.492 e. The fourth-order valence-electron chi connectivity index (χ4n) is 0.817. The maximum absolute atomic E-state index is 10.3. The molecule has 63 valence electrons. The van der Waals surface area contributed by atoms with Crippen molar-refractivity contribution in [2.45, 2.75) is 0 Å². The van der Waals surface area contributed by atoms with Crippen molar-refractivity contribution in [1.29, 1.82) is 0 Å². The number of hydrogen-bond acceptors (Lipinski definition) is 2. The number of aldehydes is 1. The van der Waals surface area contributed by atoms with Crippen LogP contribution in [-0.2, 0) is 0 Å². The Balaban J connectivity index is 2.94. The van der Waals surface area contributed by atoms with Gasteiger partial charge in [0.1, 0.15) is 12.0 Å². The summed E-state index contributed by atoms with van der Waals surface area (Å²) in [5, 5.41) is 0.434. The minimum Gasteiger partial charge on any atom is -0.492 e. The van der Waals surface area contributed by atoms with Crippen LogP contribution in [-0.4, -0.2) is 12.9 Å². The van der Waals surface area contributed by atoms with Crippen molar-refractivity contribution in [2.75, 3.05) is 6.61 Å². The van der Waals surface area contributed by atoms with Gasteiger partial charge in [-0.15, -0.1) is 0 Å². The minimum atomic E-state index is 0.320. The van der Waals surface area contributed by atoms with E-state index < -0.39 is 0 Å². The Morgan fingerprint density at radius 2 is 2.33 bits per heavy atom. The SMILES string of the molecule is [CH2]COc1ccc(C=O)cc1Cl. The number of carbonyl (C=O) groups excluding carboxylic acids is 1. The predicted octanol–water partition coefficient (Wildman–Crippen LogP) is 2.37. The summed E-state index contributed by atoms with van der Waals surface area (Å²) in [7, 11) is 0. The highest BCUT2D eigenvalue weighted by Crippen LogP contribution is 2.24. The van der Waals surface area contributed by atoms with Gasteiger partial charge in [-0.25, -0.2) is 0 Å². The molecule has 3 heteroatoms. The topological polar surface area (TPSA) is 26.3 Å². The number of halogens is 1. The number of hydrogen-bond donors (Lipinski definition) is 0. The number of rotatable bonds is 3. The first kappa shape index (κ1) is 9.07. The van der Waals surface area contributed by atoms with Crippen molar-refractivity contribution in [3.05, 3.63) is 35.7 Å². The highest BCUT2D eigenvalue weighted by atomic mass is 35.5. The Labute approximate surface area is 76.1 Å². The Morgan fingerprint density at radius 1 is 1.58 bits per heavy atom. The lowest BCUT2D eigenvalue weighted by molar-refractivity contribution is 0.112. The van der Waals surface area contributed by atoms with Gasteiger partial charge >= 0.3 is 0 Å². The summed E-state index contributed by atoms with van der Waals surface area (Å²) in [6.45, 7) is 3.83. The molecule has 1 rings (SSSR count). The van der Waals surface area contributed by atoms with E-state index in [9.17, 15) is 4.79 Å². The molecule has 0 amide bonds. The van der Waals surface area contributed by atoms with Crippen LogP contribution in [0.5, 0.6) is 5.75 Å². The van der Waals surface area contributed by atoms with Crippen molar-refractivity contribution in [3.8, 4) is 5.75 Å². The predicted molar refractivity (Wildman–Crippen MR) is 47.7 cm³/mol. The number of carbonyl (C=O) groups is 1. The second-order valence-corrected chi connectivity index (χ2v) is 2.56. The van der Waals surface area contributed by atoms with Gasteiger partial charge in [0, 0.05) is 5.56 Å². The molecule has 1 aromatic carbocycles. The van der Waals surface area contributed by atoms with E-state index in [0.29, 0.717) is 22.9 Å². The summed E-state index contributed by atoms with van der Waals surface area (Å²) < 4.78 is 5.08. The zero-order valence-electron chi connectivity index (χ0n) is 6.42. The third kappa shape index (κ3) is 1.98. The van der Waals surface area contributed by atoms with E-state index in [-0.39, 0.29) is 0 Å². The second-order valence-electron chi connectivity index (χ2n) is 2.16. The van der Waals surface area contributed by atoms with Crippen molar-refractivity contribution < 1.29 is 9.53 Å². The summed E-state index contributed by atoms with van der Waals surface area (Å²) in [5.41, 5.74) is 0.538. The maximum atomic E-state index is 10.3. The quantitative estimate of drug-likeness (QED) is 0.673. The number of ether oxygens (including phenoxy) is 1. The molecule has 2 nitrogen and oxygen atoms in total. The minimum absolute atomic E-state index is 0.320. The molecule has 0 saturated heterocycles. The van der Waals surface area contributed by atoms with E-state index in [0.717, 1.165) is 6.29 Å². The zero-order valence-corrected chi connectivity index (χ0v) is 7.17. The Hall–Kier alpha value is -1.02. The van der Waals surface area contributed by atoms with Crippen molar-refractivity contribution >= 4 is 17.9 Å². The van der Waals surface area contributed by atoms with Crippen LogP contribution in [0, 0.1) is 6.92 Å². The lowest BCUT2D eigenvalue weighted by Crippen LogP contribution is -1.92. The molecule has 0 aliphatic rings. The first-order valence-corrected chi connectivity index (χ1v) is 3.82. The second kappa shape index (κ2) is 4.12. The van der Waals surface area contributed by atoms with E-state index in [1.54, 1.807) is 18.2 Å². The fourth-order valence-corrected chi connectivity index (χ4v) is 1.06. The molecule has 0 bridgehead atoms. The smallest absolute Gasteiger partial charge is 0.150 e. The van der Waals surface area contributed by atoms with Crippen molar-refractivity contribution in [1.82, 2.24) is 0 Å². The van der Waals surface area contributed by atoms with Crippen LogP contribution >= 0.6 is 11.6 Å². The van der Waals surface area contributed by atoms with Crippen LogP contribution in [0.4, 0.5) is 0 Å². The Kier molecular flexibility index (Phi) is 3.11. The van der Waals surface area contributed by atoms with Crippen LogP contribution in [0.1, 0.15) is 10.4 Å². The van der Waals surface area contributed by atoms with Crippen LogP contribution < -0.4 is 4.74 Å². The summed E-state index contributed by atoms with van der Waals surface area (Å²) in [6.07, 6.45) is 0.736. The lowest BCUT2D eigenvalue weighted by Gasteiger charge is -2.04. The Bertz CT molecular complexity index is 284. The monoisotopic (exact) mass is 183 g/mol.